The number of nitro benzene ring substituents is 1. The fourth-order valence-electron chi connectivity index (χ4n) is 2.79. The van der Waals surface area contributed by atoms with Gasteiger partial charge in [0, 0.05) is 19.2 Å². The van der Waals surface area contributed by atoms with Crippen LogP contribution in [-0.4, -0.2) is 33.9 Å². The van der Waals surface area contributed by atoms with Crippen LogP contribution in [0.3, 0.4) is 0 Å². The lowest BCUT2D eigenvalue weighted by atomic mass is 9.86. The SMILES string of the molecule is CC(C)C1CCN(C(=O)c2cccc([N+](=O)[O-])c2O)CC1. The van der Waals surface area contributed by atoms with E-state index < -0.39 is 16.4 Å². The van der Waals surface area contributed by atoms with E-state index in [1.807, 2.05) is 0 Å². The van der Waals surface area contributed by atoms with Crippen LogP contribution in [0.2, 0.25) is 0 Å². The lowest BCUT2D eigenvalue weighted by Gasteiger charge is -2.34. The molecular weight excluding hydrogens is 272 g/mol. The summed E-state index contributed by atoms with van der Waals surface area (Å²) in [7, 11) is 0. The van der Waals surface area contributed by atoms with Crippen molar-refractivity contribution in [1.82, 2.24) is 4.90 Å². The molecule has 1 fully saturated rings. The molecular formula is C15H20N2O4. The number of rotatable bonds is 3. The second kappa shape index (κ2) is 6.11. The van der Waals surface area contributed by atoms with E-state index in [-0.39, 0.29) is 11.5 Å². The van der Waals surface area contributed by atoms with Gasteiger partial charge in [-0.25, -0.2) is 0 Å². The average Bonchev–Trinajstić information content (AvgIpc) is 2.46. The zero-order chi connectivity index (χ0) is 15.6. The molecule has 1 amide bonds. The largest absolute Gasteiger partial charge is 0.502 e. The zero-order valence-electron chi connectivity index (χ0n) is 12.3. The molecule has 0 atom stereocenters. The Bertz CT molecular complexity index is 549. The number of hydrogen-bond donors (Lipinski definition) is 1. The summed E-state index contributed by atoms with van der Waals surface area (Å²) < 4.78 is 0. The number of likely N-dealkylation sites (tertiary alicyclic amines) is 1. The van der Waals surface area contributed by atoms with Gasteiger partial charge in [0.2, 0.25) is 5.75 Å². The predicted octanol–water partition coefficient (Wildman–Crippen LogP) is 2.81. The summed E-state index contributed by atoms with van der Waals surface area (Å²) in [5.74, 6) is 0.318. The summed E-state index contributed by atoms with van der Waals surface area (Å²) in [6.45, 7) is 5.61. The van der Waals surface area contributed by atoms with Crippen molar-refractivity contribution in [2.45, 2.75) is 26.7 Å². The number of piperidine rings is 1. The van der Waals surface area contributed by atoms with Gasteiger partial charge in [0.25, 0.3) is 5.91 Å². The number of carbonyl (C=O) groups is 1. The number of benzene rings is 1. The fourth-order valence-corrected chi connectivity index (χ4v) is 2.79. The van der Waals surface area contributed by atoms with Gasteiger partial charge in [-0.15, -0.1) is 0 Å². The Labute approximate surface area is 123 Å². The monoisotopic (exact) mass is 292 g/mol. The highest BCUT2D eigenvalue weighted by atomic mass is 16.6. The van der Waals surface area contributed by atoms with Crippen LogP contribution >= 0.6 is 0 Å². The smallest absolute Gasteiger partial charge is 0.311 e. The van der Waals surface area contributed by atoms with Crippen LogP contribution in [-0.2, 0) is 0 Å². The molecule has 114 valence electrons. The molecule has 2 rings (SSSR count). The van der Waals surface area contributed by atoms with E-state index in [0.29, 0.717) is 24.9 Å². The van der Waals surface area contributed by atoms with Crippen molar-refractivity contribution in [3.05, 3.63) is 33.9 Å². The first-order chi connectivity index (χ1) is 9.91. The third kappa shape index (κ3) is 3.15. The lowest BCUT2D eigenvalue weighted by Crippen LogP contribution is -2.39. The first kappa shape index (κ1) is 15.3. The maximum absolute atomic E-state index is 12.4. The number of hydrogen-bond acceptors (Lipinski definition) is 4. The normalized spacial score (nSPS) is 16.2. The van der Waals surface area contributed by atoms with Crippen molar-refractivity contribution in [3.63, 3.8) is 0 Å². The highest BCUT2D eigenvalue weighted by Crippen LogP contribution is 2.31. The third-order valence-corrected chi connectivity index (χ3v) is 4.21. The molecule has 0 radical (unpaired) electrons. The van der Waals surface area contributed by atoms with Gasteiger partial charge in [-0.1, -0.05) is 19.9 Å². The third-order valence-electron chi connectivity index (χ3n) is 4.21. The number of para-hydroxylation sites is 1. The average molecular weight is 292 g/mol. The Morgan fingerprint density at radius 2 is 2.00 bits per heavy atom. The molecule has 1 N–H and O–H groups in total. The van der Waals surface area contributed by atoms with Crippen LogP contribution in [0.25, 0.3) is 0 Å². The van der Waals surface area contributed by atoms with Gasteiger partial charge in [-0.3, -0.25) is 14.9 Å². The van der Waals surface area contributed by atoms with E-state index >= 15 is 0 Å². The predicted molar refractivity (Wildman–Crippen MR) is 78.2 cm³/mol. The lowest BCUT2D eigenvalue weighted by molar-refractivity contribution is -0.385. The molecule has 0 aliphatic carbocycles. The summed E-state index contributed by atoms with van der Waals surface area (Å²) in [4.78, 5) is 24.2. The highest BCUT2D eigenvalue weighted by molar-refractivity contribution is 5.98. The van der Waals surface area contributed by atoms with E-state index in [1.54, 1.807) is 4.90 Å². The van der Waals surface area contributed by atoms with Gasteiger partial charge in [0.05, 0.1) is 10.5 Å². The minimum absolute atomic E-state index is 0.00666. The van der Waals surface area contributed by atoms with Crippen LogP contribution in [0.15, 0.2) is 18.2 Å². The molecule has 0 unspecified atom stereocenters. The Balaban J connectivity index is 2.15. The van der Waals surface area contributed by atoms with Gasteiger partial charge in [-0.2, -0.15) is 0 Å². The number of aromatic hydroxyl groups is 1. The van der Waals surface area contributed by atoms with E-state index in [0.717, 1.165) is 12.8 Å². The quantitative estimate of drug-likeness (QED) is 0.686. The minimum atomic E-state index is -0.683. The summed E-state index contributed by atoms with van der Waals surface area (Å²) >= 11 is 0. The number of amides is 1. The summed E-state index contributed by atoms with van der Waals surface area (Å²) in [5, 5.41) is 20.7. The maximum Gasteiger partial charge on any atom is 0.311 e. The van der Waals surface area contributed by atoms with Gasteiger partial charge < -0.3 is 10.0 Å². The number of nitro groups is 1. The van der Waals surface area contributed by atoms with E-state index in [2.05, 4.69) is 13.8 Å². The molecule has 0 spiro atoms. The van der Waals surface area contributed by atoms with Crippen LogP contribution in [0.1, 0.15) is 37.0 Å². The first-order valence-corrected chi connectivity index (χ1v) is 7.17. The highest BCUT2D eigenvalue weighted by Gasteiger charge is 2.28. The number of carbonyl (C=O) groups excluding carboxylic acids is 1. The molecule has 21 heavy (non-hydrogen) atoms. The molecule has 1 aliphatic heterocycles. The number of nitrogens with zero attached hydrogens (tertiary/aromatic N) is 2. The van der Waals surface area contributed by atoms with E-state index in [9.17, 15) is 20.0 Å². The van der Waals surface area contributed by atoms with E-state index in [4.69, 9.17) is 0 Å². The van der Waals surface area contributed by atoms with Crippen molar-refractivity contribution in [3.8, 4) is 5.75 Å². The Morgan fingerprint density at radius 3 is 2.52 bits per heavy atom. The van der Waals surface area contributed by atoms with Crippen molar-refractivity contribution >= 4 is 11.6 Å². The fraction of sp³-hybridized carbons (Fsp3) is 0.533. The zero-order valence-corrected chi connectivity index (χ0v) is 12.3. The summed E-state index contributed by atoms with van der Waals surface area (Å²) in [5.41, 5.74) is -0.426. The molecule has 0 aromatic heterocycles. The molecule has 1 aliphatic rings. The van der Waals surface area contributed by atoms with Gasteiger partial charge in [0.15, 0.2) is 0 Å². The second-order valence-corrected chi connectivity index (χ2v) is 5.80. The van der Waals surface area contributed by atoms with Crippen molar-refractivity contribution in [1.29, 1.82) is 0 Å². The molecule has 6 nitrogen and oxygen atoms in total. The minimum Gasteiger partial charge on any atom is -0.502 e. The van der Waals surface area contributed by atoms with Gasteiger partial charge in [0.1, 0.15) is 0 Å². The van der Waals surface area contributed by atoms with Crippen molar-refractivity contribution < 1.29 is 14.8 Å². The number of phenolic OH excluding ortho intramolecular Hbond substituents is 1. The summed E-state index contributed by atoms with van der Waals surface area (Å²) in [6, 6.07) is 4.04. The van der Waals surface area contributed by atoms with Gasteiger partial charge >= 0.3 is 5.69 Å². The first-order valence-electron chi connectivity index (χ1n) is 7.17. The van der Waals surface area contributed by atoms with Crippen LogP contribution in [0, 0.1) is 22.0 Å². The molecule has 1 saturated heterocycles. The molecule has 6 heteroatoms. The van der Waals surface area contributed by atoms with E-state index in [1.165, 1.54) is 18.2 Å². The number of phenols is 1. The Hall–Kier alpha value is -2.11. The van der Waals surface area contributed by atoms with Crippen molar-refractivity contribution in [2.24, 2.45) is 11.8 Å². The second-order valence-electron chi connectivity index (χ2n) is 5.80. The molecule has 0 bridgehead atoms. The molecule has 1 aromatic carbocycles. The molecule has 1 aromatic rings. The Morgan fingerprint density at radius 1 is 1.38 bits per heavy atom. The summed E-state index contributed by atoms with van der Waals surface area (Å²) in [6.07, 6.45) is 1.86. The standard InChI is InChI=1S/C15H20N2O4/c1-10(2)11-6-8-16(9-7-11)15(19)12-4-3-5-13(14(12)18)17(20)21/h3-5,10-11,18H,6-9H2,1-2H3. The van der Waals surface area contributed by atoms with Gasteiger partial charge in [-0.05, 0) is 30.7 Å². The van der Waals surface area contributed by atoms with Crippen LogP contribution in [0.5, 0.6) is 5.75 Å². The maximum atomic E-state index is 12.4. The van der Waals surface area contributed by atoms with Crippen LogP contribution in [0.4, 0.5) is 5.69 Å². The molecule has 1 heterocycles. The Kier molecular flexibility index (Phi) is 4.45. The van der Waals surface area contributed by atoms with Crippen molar-refractivity contribution in [2.75, 3.05) is 13.1 Å². The van der Waals surface area contributed by atoms with Crippen LogP contribution < -0.4 is 0 Å². The topological polar surface area (TPSA) is 83.7 Å². The molecule has 0 saturated carbocycles.